The lowest BCUT2D eigenvalue weighted by atomic mass is 10.1. The van der Waals surface area contributed by atoms with Gasteiger partial charge in [0.25, 0.3) is 11.8 Å². The van der Waals surface area contributed by atoms with Crippen molar-refractivity contribution in [2.45, 2.75) is 71.1 Å². The van der Waals surface area contributed by atoms with Crippen LogP contribution in [0, 0.1) is 0 Å². The van der Waals surface area contributed by atoms with E-state index < -0.39 is 0 Å². The Morgan fingerprint density at radius 1 is 0.293 bits per heavy atom. The largest absolute Gasteiger partial charge is 0.379 e. The first-order valence-corrected chi connectivity index (χ1v) is 21.8. The molecule has 1 aliphatic heterocycles. The quantitative estimate of drug-likeness (QED) is 0.0638. The molecular formula is C42H79NO15. The van der Waals surface area contributed by atoms with Gasteiger partial charge in [0.1, 0.15) is 0 Å². The number of hydrogen-bond donors (Lipinski definition) is 0. The van der Waals surface area contributed by atoms with Crippen LogP contribution < -0.4 is 0 Å². The molecule has 1 rings (SSSR count). The SMILES string of the molecule is CCCCCCCCCCCCOCCOCCOCCOCCOCCOCCOCCOCCOCCOCCOCCOCCOCCN1C(=O)C=CC1=O. The molecule has 16 heteroatoms. The molecule has 2 amide bonds. The minimum Gasteiger partial charge on any atom is -0.379 e. The third kappa shape index (κ3) is 39.8. The predicted molar refractivity (Wildman–Crippen MR) is 218 cm³/mol. The van der Waals surface area contributed by atoms with E-state index in [1.165, 1.54) is 69.9 Å². The van der Waals surface area contributed by atoms with Gasteiger partial charge in [-0.15, -0.1) is 0 Å². The Hall–Kier alpha value is -1.64. The van der Waals surface area contributed by atoms with Crippen molar-refractivity contribution in [2.24, 2.45) is 0 Å². The van der Waals surface area contributed by atoms with Gasteiger partial charge in [-0.05, 0) is 6.42 Å². The topological polar surface area (TPSA) is 157 Å². The van der Waals surface area contributed by atoms with E-state index in [0.29, 0.717) is 159 Å². The van der Waals surface area contributed by atoms with Gasteiger partial charge in [-0.25, -0.2) is 0 Å². The third-order valence-corrected chi connectivity index (χ3v) is 8.47. The minimum atomic E-state index is -0.306. The number of hydrogen-bond acceptors (Lipinski definition) is 15. The summed E-state index contributed by atoms with van der Waals surface area (Å²) in [5, 5.41) is 0. The van der Waals surface area contributed by atoms with Crippen molar-refractivity contribution in [2.75, 3.05) is 178 Å². The molecule has 0 spiro atoms. The first-order valence-electron chi connectivity index (χ1n) is 21.8. The van der Waals surface area contributed by atoms with Gasteiger partial charge >= 0.3 is 0 Å². The summed E-state index contributed by atoms with van der Waals surface area (Å²) in [6, 6.07) is 0. The lowest BCUT2D eigenvalue weighted by Gasteiger charge is -2.13. The fraction of sp³-hybridized carbons (Fsp3) is 0.905. The number of carbonyl (C=O) groups is 2. The zero-order valence-electron chi connectivity index (χ0n) is 35.9. The van der Waals surface area contributed by atoms with Crippen molar-refractivity contribution in [3.63, 3.8) is 0 Å². The Kier molecular flexibility index (Phi) is 43.5. The van der Waals surface area contributed by atoms with E-state index in [1.54, 1.807) is 0 Å². The highest BCUT2D eigenvalue weighted by molar-refractivity contribution is 6.12. The molecular weight excluding hydrogens is 758 g/mol. The summed E-state index contributed by atoms with van der Waals surface area (Å²) in [4.78, 5) is 24.0. The van der Waals surface area contributed by atoms with Gasteiger partial charge in [-0.2, -0.15) is 0 Å². The maximum Gasteiger partial charge on any atom is 0.253 e. The van der Waals surface area contributed by atoms with Gasteiger partial charge in [0, 0.05) is 18.8 Å². The van der Waals surface area contributed by atoms with Gasteiger partial charge in [-0.3, -0.25) is 14.5 Å². The Morgan fingerprint density at radius 2 is 0.500 bits per heavy atom. The average molecular weight is 838 g/mol. The molecule has 58 heavy (non-hydrogen) atoms. The first kappa shape index (κ1) is 54.4. The summed E-state index contributed by atoms with van der Waals surface area (Å²) in [7, 11) is 0. The third-order valence-electron chi connectivity index (χ3n) is 8.47. The van der Waals surface area contributed by atoms with E-state index in [2.05, 4.69) is 6.92 Å². The Morgan fingerprint density at radius 3 is 0.759 bits per heavy atom. The van der Waals surface area contributed by atoms with Gasteiger partial charge in [-0.1, -0.05) is 64.7 Å². The van der Waals surface area contributed by atoms with Crippen LogP contribution in [0.4, 0.5) is 0 Å². The first-order chi connectivity index (χ1) is 28.8. The van der Waals surface area contributed by atoms with Crippen molar-refractivity contribution in [1.82, 2.24) is 4.90 Å². The number of unbranched alkanes of at least 4 members (excludes halogenated alkanes) is 9. The monoisotopic (exact) mass is 838 g/mol. The second-order valence-electron chi connectivity index (χ2n) is 13.3. The van der Waals surface area contributed by atoms with E-state index in [-0.39, 0.29) is 25.0 Å². The molecule has 0 aromatic heterocycles. The highest BCUT2D eigenvalue weighted by Gasteiger charge is 2.22. The van der Waals surface area contributed by atoms with E-state index >= 15 is 0 Å². The molecule has 0 unspecified atom stereocenters. The highest BCUT2D eigenvalue weighted by Crippen LogP contribution is 2.10. The molecule has 0 atom stereocenters. The zero-order chi connectivity index (χ0) is 41.5. The standard InChI is InChI=1S/C42H79NO15/c1-2-3-4-5-6-7-8-9-10-11-15-46-17-19-48-21-23-50-25-27-52-29-31-54-33-35-56-37-39-58-40-38-57-36-34-55-32-30-53-28-26-51-24-22-49-20-18-47-16-14-43-41(44)12-13-42(43)45/h12-13H,2-11,14-40H2,1H3. The highest BCUT2D eigenvalue weighted by atomic mass is 16.6. The van der Waals surface area contributed by atoms with Crippen molar-refractivity contribution in [3.05, 3.63) is 12.2 Å². The molecule has 0 aromatic carbocycles. The molecule has 16 nitrogen and oxygen atoms in total. The maximum absolute atomic E-state index is 11.4. The van der Waals surface area contributed by atoms with E-state index in [4.69, 9.17) is 61.6 Å². The van der Waals surface area contributed by atoms with Gasteiger partial charge < -0.3 is 61.6 Å². The second kappa shape index (κ2) is 46.4. The van der Waals surface area contributed by atoms with Crippen LogP contribution >= 0.6 is 0 Å². The number of carbonyl (C=O) groups excluding carboxylic acids is 2. The van der Waals surface area contributed by atoms with Crippen LogP contribution in [0.25, 0.3) is 0 Å². The van der Waals surface area contributed by atoms with Crippen molar-refractivity contribution in [3.8, 4) is 0 Å². The fourth-order valence-electron chi connectivity index (χ4n) is 5.24. The van der Waals surface area contributed by atoms with Crippen LogP contribution in [0.1, 0.15) is 71.1 Å². The Bertz CT molecular complexity index is 883. The number of nitrogens with zero attached hydrogens (tertiary/aromatic N) is 1. The average Bonchev–Trinajstić information content (AvgIpc) is 3.55. The molecule has 0 aromatic rings. The summed E-state index contributed by atoms with van der Waals surface area (Å²) >= 11 is 0. The maximum atomic E-state index is 11.4. The van der Waals surface area contributed by atoms with Crippen LogP contribution in [0.15, 0.2) is 12.2 Å². The van der Waals surface area contributed by atoms with Crippen molar-refractivity contribution < 1.29 is 71.2 Å². The number of ether oxygens (including phenoxy) is 13. The van der Waals surface area contributed by atoms with E-state index in [1.807, 2.05) is 0 Å². The van der Waals surface area contributed by atoms with Crippen LogP contribution in [-0.2, 0) is 71.2 Å². The van der Waals surface area contributed by atoms with E-state index in [0.717, 1.165) is 17.9 Å². The summed E-state index contributed by atoms with van der Waals surface area (Å²) in [6.45, 7) is 15.6. The van der Waals surface area contributed by atoms with Crippen LogP contribution in [0.3, 0.4) is 0 Å². The predicted octanol–water partition coefficient (Wildman–Crippen LogP) is 4.05. The van der Waals surface area contributed by atoms with Crippen molar-refractivity contribution >= 4 is 11.8 Å². The zero-order valence-corrected chi connectivity index (χ0v) is 35.9. The molecule has 0 saturated heterocycles. The normalized spacial score (nSPS) is 12.9. The number of imide groups is 1. The van der Waals surface area contributed by atoms with Crippen LogP contribution in [0.2, 0.25) is 0 Å². The summed E-state index contributed by atoms with van der Waals surface area (Å²) in [5.74, 6) is -0.613. The van der Waals surface area contributed by atoms with Gasteiger partial charge in [0.2, 0.25) is 0 Å². The molecule has 0 radical (unpaired) electrons. The molecule has 0 N–H and O–H groups in total. The van der Waals surface area contributed by atoms with Gasteiger partial charge in [0.15, 0.2) is 0 Å². The van der Waals surface area contributed by atoms with E-state index in [9.17, 15) is 9.59 Å². The molecule has 342 valence electrons. The summed E-state index contributed by atoms with van der Waals surface area (Å²) in [5.41, 5.74) is 0. The summed E-state index contributed by atoms with van der Waals surface area (Å²) in [6.07, 6.45) is 15.9. The fourth-order valence-corrected chi connectivity index (χ4v) is 5.24. The molecule has 0 fully saturated rings. The van der Waals surface area contributed by atoms with Gasteiger partial charge in [0.05, 0.1) is 172 Å². The molecule has 0 aliphatic carbocycles. The smallest absolute Gasteiger partial charge is 0.253 e. The lowest BCUT2D eigenvalue weighted by Crippen LogP contribution is -2.33. The van der Waals surface area contributed by atoms with Crippen LogP contribution in [0.5, 0.6) is 0 Å². The number of amides is 2. The van der Waals surface area contributed by atoms with Crippen LogP contribution in [-0.4, -0.2) is 195 Å². The molecule has 0 bridgehead atoms. The Balaban J connectivity index is 1.60. The number of rotatable bonds is 50. The molecule has 1 heterocycles. The Labute approximate surface area is 349 Å². The molecule has 0 saturated carbocycles. The lowest BCUT2D eigenvalue weighted by molar-refractivity contribution is -0.137. The second-order valence-corrected chi connectivity index (χ2v) is 13.3. The minimum absolute atomic E-state index is 0.239. The molecule has 1 aliphatic rings. The summed E-state index contributed by atoms with van der Waals surface area (Å²) < 4.78 is 71.5. The van der Waals surface area contributed by atoms with Crippen molar-refractivity contribution in [1.29, 1.82) is 0 Å².